The van der Waals surface area contributed by atoms with Crippen LogP contribution >= 0.6 is 0 Å². The second-order valence-electron chi connectivity index (χ2n) is 3.47. The van der Waals surface area contributed by atoms with E-state index in [0.29, 0.717) is 6.04 Å². The van der Waals surface area contributed by atoms with Crippen molar-refractivity contribution >= 4 is 0 Å². The van der Waals surface area contributed by atoms with Gasteiger partial charge in [0.1, 0.15) is 0 Å². The predicted molar refractivity (Wildman–Crippen MR) is 57.7 cm³/mol. The van der Waals surface area contributed by atoms with Crippen LogP contribution in [-0.2, 0) is 0 Å². The molecule has 0 saturated heterocycles. The Morgan fingerprint density at radius 2 is 2.00 bits per heavy atom. The van der Waals surface area contributed by atoms with Crippen LogP contribution in [0.15, 0.2) is 42.5 Å². The molecule has 1 aromatic rings. The fraction of sp³-hybridized carbons (Fsp3) is 0.333. The molecule has 13 heavy (non-hydrogen) atoms. The normalized spacial score (nSPS) is 12.5. The number of nitrogens with one attached hydrogen (secondary N) is 1. The fourth-order valence-corrected chi connectivity index (χ4v) is 1.19. The lowest BCUT2D eigenvalue weighted by Crippen LogP contribution is -2.20. The van der Waals surface area contributed by atoms with Crippen molar-refractivity contribution in [2.45, 2.75) is 19.9 Å². The Kier molecular flexibility index (Phi) is 3.71. The van der Waals surface area contributed by atoms with Crippen molar-refractivity contribution < 1.29 is 0 Å². The molecule has 0 aliphatic carbocycles. The Bertz CT molecular complexity index is 264. The molecule has 0 aliphatic heterocycles. The van der Waals surface area contributed by atoms with Gasteiger partial charge in [-0.15, -0.1) is 0 Å². The monoisotopic (exact) mass is 175 g/mol. The molecule has 0 aliphatic rings. The summed E-state index contributed by atoms with van der Waals surface area (Å²) >= 11 is 0. The minimum atomic E-state index is 0.401. The van der Waals surface area contributed by atoms with Gasteiger partial charge in [-0.1, -0.05) is 42.5 Å². The average Bonchev–Trinajstić information content (AvgIpc) is 2.15. The largest absolute Gasteiger partial charge is 0.306 e. The summed E-state index contributed by atoms with van der Waals surface area (Å²) in [5.41, 5.74) is 2.49. The van der Waals surface area contributed by atoms with Crippen LogP contribution in [0.3, 0.4) is 0 Å². The molecule has 1 unspecified atom stereocenters. The van der Waals surface area contributed by atoms with E-state index in [1.165, 1.54) is 11.1 Å². The second-order valence-corrected chi connectivity index (χ2v) is 3.47. The summed E-state index contributed by atoms with van der Waals surface area (Å²) < 4.78 is 0. The van der Waals surface area contributed by atoms with Gasteiger partial charge < -0.3 is 5.32 Å². The van der Waals surface area contributed by atoms with Gasteiger partial charge >= 0.3 is 0 Å². The van der Waals surface area contributed by atoms with Crippen molar-refractivity contribution in [1.82, 2.24) is 5.32 Å². The van der Waals surface area contributed by atoms with Gasteiger partial charge in [-0.05, 0) is 19.4 Å². The molecule has 1 heteroatoms. The molecule has 1 atom stereocenters. The molecule has 0 aromatic heterocycles. The minimum Gasteiger partial charge on any atom is -0.306 e. The maximum atomic E-state index is 3.86. The topological polar surface area (TPSA) is 12.0 Å². The second kappa shape index (κ2) is 4.83. The first-order valence-corrected chi connectivity index (χ1v) is 4.63. The predicted octanol–water partition coefficient (Wildman–Crippen LogP) is 2.91. The van der Waals surface area contributed by atoms with Crippen LogP contribution in [0, 0.1) is 0 Å². The highest BCUT2D eigenvalue weighted by Gasteiger charge is 2.01. The first-order chi connectivity index (χ1) is 6.20. The molecule has 0 bridgehead atoms. The third kappa shape index (κ3) is 3.43. The van der Waals surface area contributed by atoms with Crippen molar-refractivity contribution in [3.05, 3.63) is 48.0 Å². The zero-order valence-electron chi connectivity index (χ0n) is 8.38. The minimum absolute atomic E-state index is 0.401. The van der Waals surface area contributed by atoms with E-state index in [-0.39, 0.29) is 0 Å². The maximum Gasteiger partial charge on any atom is 0.0294 e. The summed E-state index contributed by atoms with van der Waals surface area (Å²) in [7, 11) is 0. The van der Waals surface area contributed by atoms with Crippen molar-refractivity contribution in [1.29, 1.82) is 0 Å². The van der Waals surface area contributed by atoms with E-state index in [1.807, 2.05) is 13.0 Å². The van der Waals surface area contributed by atoms with E-state index in [4.69, 9.17) is 0 Å². The summed E-state index contributed by atoms with van der Waals surface area (Å²) in [5.74, 6) is 0. The average molecular weight is 175 g/mol. The molecule has 1 N–H and O–H groups in total. The third-order valence-electron chi connectivity index (χ3n) is 2.01. The zero-order valence-corrected chi connectivity index (χ0v) is 8.38. The van der Waals surface area contributed by atoms with Crippen LogP contribution in [0.2, 0.25) is 0 Å². The van der Waals surface area contributed by atoms with Gasteiger partial charge in [0, 0.05) is 12.6 Å². The van der Waals surface area contributed by atoms with E-state index in [1.54, 1.807) is 0 Å². The molecule has 1 rings (SSSR count). The number of benzene rings is 1. The Morgan fingerprint density at radius 1 is 1.38 bits per heavy atom. The Balaban J connectivity index is 2.49. The molecule has 70 valence electrons. The van der Waals surface area contributed by atoms with E-state index in [2.05, 4.69) is 43.1 Å². The van der Waals surface area contributed by atoms with Crippen molar-refractivity contribution in [3.63, 3.8) is 0 Å². The fourth-order valence-electron chi connectivity index (χ4n) is 1.19. The summed E-state index contributed by atoms with van der Waals surface area (Å²) in [6, 6.07) is 10.8. The van der Waals surface area contributed by atoms with Gasteiger partial charge in [0.05, 0.1) is 0 Å². The first-order valence-electron chi connectivity index (χ1n) is 4.63. The van der Waals surface area contributed by atoms with Crippen LogP contribution in [0.4, 0.5) is 0 Å². The molecule has 0 saturated carbocycles. The van der Waals surface area contributed by atoms with Gasteiger partial charge in [0.2, 0.25) is 0 Å². The first kappa shape index (κ1) is 10.0. The molecular formula is C12H17N. The van der Waals surface area contributed by atoms with Crippen molar-refractivity contribution in [3.8, 4) is 0 Å². The van der Waals surface area contributed by atoms with Crippen LogP contribution in [0.1, 0.15) is 25.5 Å². The van der Waals surface area contributed by atoms with Crippen LogP contribution in [0.5, 0.6) is 0 Å². The standard InChI is InChI=1S/C12H17N/c1-10(2)9-13-11(3)12-7-5-4-6-8-12/h4-8,11,13H,1,9H2,2-3H3. The Hall–Kier alpha value is -1.08. The van der Waals surface area contributed by atoms with Crippen LogP contribution < -0.4 is 5.32 Å². The van der Waals surface area contributed by atoms with E-state index < -0.39 is 0 Å². The smallest absolute Gasteiger partial charge is 0.0294 e. The van der Waals surface area contributed by atoms with Crippen molar-refractivity contribution in [2.75, 3.05) is 6.54 Å². The molecule has 0 radical (unpaired) electrons. The van der Waals surface area contributed by atoms with Crippen molar-refractivity contribution in [2.24, 2.45) is 0 Å². The summed E-state index contributed by atoms with van der Waals surface area (Å²) in [4.78, 5) is 0. The highest BCUT2D eigenvalue weighted by molar-refractivity contribution is 5.18. The highest BCUT2D eigenvalue weighted by Crippen LogP contribution is 2.10. The number of rotatable bonds is 4. The molecule has 1 aromatic carbocycles. The summed E-state index contributed by atoms with van der Waals surface area (Å²) in [6.45, 7) is 8.94. The maximum absolute atomic E-state index is 3.86. The molecule has 0 amide bonds. The lowest BCUT2D eigenvalue weighted by Gasteiger charge is -2.13. The SMILES string of the molecule is C=C(C)CNC(C)c1ccccc1. The number of hydrogen-bond acceptors (Lipinski definition) is 1. The van der Waals surface area contributed by atoms with E-state index in [0.717, 1.165) is 6.54 Å². The quantitative estimate of drug-likeness (QED) is 0.694. The Labute approximate surface area is 80.5 Å². The van der Waals surface area contributed by atoms with Crippen LogP contribution in [-0.4, -0.2) is 6.54 Å². The van der Waals surface area contributed by atoms with E-state index in [9.17, 15) is 0 Å². The molecule has 0 spiro atoms. The summed E-state index contributed by atoms with van der Waals surface area (Å²) in [5, 5.41) is 3.40. The molecule has 0 heterocycles. The Morgan fingerprint density at radius 3 is 2.54 bits per heavy atom. The summed E-state index contributed by atoms with van der Waals surface area (Å²) in [6.07, 6.45) is 0. The highest BCUT2D eigenvalue weighted by atomic mass is 14.9. The molecule has 1 nitrogen and oxygen atoms in total. The third-order valence-corrected chi connectivity index (χ3v) is 2.01. The van der Waals surface area contributed by atoms with Gasteiger partial charge in [-0.2, -0.15) is 0 Å². The van der Waals surface area contributed by atoms with Gasteiger partial charge in [0.15, 0.2) is 0 Å². The van der Waals surface area contributed by atoms with E-state index >= 15 is 0 Å². The molecular weight excluding hydrogens is 158 g/mol. The lowest BCUT2D eigenvalue weighted by atomic mass is 10.1. The molecule has 0 fully saturated rings. The van der Waals surface area contributed by atoms with Gasteiger partial charge in [-0.25, -0.2) is 0 Å². The lowest BCUT2D eigenvalue weighted by molar-refractivity contribution is 0.607. The van der Waals surface area contributed by atoms with Gasteiger partial charge in [0.25, 0.3) is 0 Å². The number of hydrogen-bond donors (Lipinski definition) is 1. The van der Waals surface area contributed by atoms with Crippen LogP contribution in [0.25, 0.3) is 0 Å². The van der Waals surface area contributed by atoms with Gasteiger partial charge in [-0.3, -0.25) is 0 Å². The zero-order chi connectivity index (χ0) is 9.68.